The van der Waals surface area contributed by atoms with Crippen molar-refractivity contribution in [3.8, 4) is 5.75 Å². The van der Waals surface area contributed by atoms with Crippen molar-refractivity contribution in [2.75, 3.05) is 12.4 Å². The summed E-state index contributed by atoms with van der Waals surface area (Å²) in [5.74, 6) is 1.47. The molecule has 1 saturated carbocycles. The quantitative estimate of drug-likeness (QED) is 0.887. The van der Waals surface area contributed by atoms with Gasteiger partial charge in [-0.25, -0.2) is 4.98 Å². The van der Waals surface area contributed by atoms with E-state index < -0.39 is 0 Å². The van der Waals surface area contributed by atoms with Crippen LogP contribution in [0.5, 0.6) is 5.75 Å². The lowest BCUT2D eigenvalue weighted by Crippen LogP contribution is -2.32. The summed E-state index contributed by atoms with van der Waals surface area (Å²) in [6.45, 7) is 0. The minimum absolute atomic E-state index is 0.0413. The molecule has 0 bridgehead atoms. The van der Waals surface area contributed by atoms with Gasteiger partial charge in [0.15, 0.2) is 0 Å². The smallest absolute Gasteiger partial charge is 0.253 e. The first-order valence-electron chi connectivity index (χ1n) is 7.92. The number of aromatic nitrogens is 1. The van der Waals surface area contributed by atoms with Crippen LogP contribution in [0.3, 0.4) is 0 Å². The molecule has 3 rings (SSSR count). The van der Waals surface area contributed by atoms with E-state index >= 15 is 0 Å². The van der Waals surface area contributed by atoms with Gasteiger partial charge in [-0.3, -0.25) is 4.79 Å². The van der Waals surface area contributed by atoms with Crippen LogP contribution in [-0.4, -0.2) is 24.0 Å². The third kappa shape index (κ3) is 4.00. The second kappa shape index (κ2) is 7.13. The molecule has 0 saturated heterocycles. The van der Waals surface area contributed by atoms with E-state index in [1.54, 1.807) is 19.4 Å². The topological polar surface area (TPSA) is 63.2 Å². The molecule has 0 spiro atoms. The Morgan fingerprint density at radius 3 is 2.48 bits per heavy atom. The van der Waals surface area contributed by atoms with Crippen molar-refractivity contribution >= 4 is 17.4 Å². The maximum atomic E-state index is 12.2. The third-order valence-electron chi connectivity index (χ3n) is 4.08. The molecule has 0 unspecified atom stereocenters. The molecule has 1 heterocycles. The van der Waals surface area contributed by atoms with Crippen molar-refractivity contribution in [3.05, 3.63) is 48.2 Å². The molecule has 1 aliphatic carbocycles. The summed E-state index contributed by atoms with van der Waals surface area (Å²) in [4.78, 5) is 16.5. The average Bonchev–Trinajstić information content (AvgIpc) is 3.09. The second-order valence-electron chi connectivity index (χ2n) is 5.74. The van der Waals surface area contributed by atoms with E-state index in [-0.39, 0.29) is 5.91 Å². The van der Waals surface area contributed by atoms with Crippen LogP contribution in [-0.2, 0) is 0 Å². The number of carbonyl (C=O) groups is 1. The fraction of sp³-hybridized carbons (Fsp3) is 0.333. The summed E-state index contributed by atoms with van der Waals surface area (Å²) < 4.78 is 5.13. The predicted molar refractivity (Wildman–Crippen MR) is 90.2 cm³/mol. The Morgan fingerprint density at radius 1 is 1.13 bits per heavy atom. The number of hydrogen-bond donors (Lipinski definition) is 2. The Bertz CT molecular complexity index is 647. The molecule has 0 radical (unpaired) electrons. The van der Waals surface area contributed by atoms with Gasteiger partial charge in [-0.15, -0.1) is 0 Å². The number of methoxy groups -OCH3 is 1. The number of rotatable bonds is 5. The van der Waals surface area contributed by atoms with Crippen molar-refractivity contribution in [2.24, 2.45) is 0 Å². The van der Waals surface area contributed by atoms with Crippen molar-refractivity contribution < 1.29 is 9.53 Å². The lowest BCUT2D eigenvalue weighted by Gasteiger charge is -2.12. The first-order valence-corrected chi connectivity index (χ1v) is 7.92. The maximum Gasteiger partial charge on any atom is 0.253 e. The molecule has 1 aliphatic rings. The standard InChI is InChI=1S/C18H21N3O2/c1-23-16-9-7-15(8-10-16)20-17-11-6-13(12-19-17)18(22)21-14-4-2-3-5-14/h6-12,14H,2-5H2,1H3,(H,19,20)(H,21,22). The van der Waals surface area contributed by atoms with Crippen molar-refractivity contribution in [1.82, 2.24) is 10.3 Å². The Morgan fingerprint density at radius 2 is 1.87 bits per heavy atom. The van der Waals surface area contributed by atoms with Gasteiger partial charge in [-0.1, -0.05) is 12.8 Å². The van der Waals surface area contributed by atoms with Crippen LogP contribution >= 0.6 is 0 Å². The molecule has 5 heteroatoms. The van der Waals surface area contributed by atoms with Gasteiger partial charge in [0.25, 0.3) is 5.91 Å². The number of anilines is 2. The lowest BCUT2D eigenvalue weighted by molar-refractivity contribution is 0.0937. The van der Waals surface area contributed by atoms with Crippen molar-refractivity contribution in [2.45, 2.75) is 31.7 Å². The van der Waals surface area contributed by atoms with Crippen molar-refractivity contribution in [3.63, 3.8) is 0 Å². The molecule has 1 fully saturated rings. The molecule has 1 aromatic carbocycles. The van der Waals surface area contributed by atoms with Crippen molar-refractivity contribution in [1.29, 1.82) is 0 Å². The molecular formula is C18H21N3O2. The Balaban J connectivity index is 1.60. The first-order chi connectivity index (χ1) is 11.2. The summed E-state index contributed by atoms with van der Waals surface area (Å²) in [6.07, 6.45) is 6.17. The van der Waals surface area contributed by atoms with Gasteiger partial charge in [-0.05, 0) is 49.2 Å². The molecule has 1 amide bonds. The van der Waals surface area contributed by atoms with E-state index in [0.29, 0.717) is 17.4 Å². The van der Waals surface area contributed by atoms with E-state index in [9.17, 15) is 4.79 Å². The summed E-state index contributed by atoms with van der Waals surface area (Å²) in [5.41, 5.74) is 1.51. The number of nitrogens with zero attached hydrogens (tertiary/aromatic N) is 1. The number of ether oxygens (including phenoxy) is 1. The zero-order valence-corrected chi connectivity index (χ0v) is 13.2. The first kappa shape index (κ1) is 15.3. The number of benzene rings is 1. The molecule has 0 atom stereocenters. The minimum Gasteiger partial charge on any atom is -0.497 e. The normalized spacial score (nSPS) is 14.5. The van der Waals surface area contributed by atoms with Gasteiger partial charge in [0.2, 0.25) is 0 Å². The zero-order chi connectivity index (χ0) is 16.1. The number of hydrogen-bond acceptors (Lipinski definition) is 4. The maximum absolute atomic E-state index is 12.2. The lowest BCUT2D eigenvalue weighted by atomic mass is 10.2. The minimum atomic E-state index is -0.0413. The third-order valence-corrected chi connectivity index (χ3v) is 4.08. The van der Waals surface area contributed by atoms with E-state index in [2.05, 4.69) is 15.6 Å². The summed E-state index contributed by atoms with van der Waals surface area (Å²) in [6, 6.07) is 11.5. The van der Waals surface area contributed by atoms with Crippen LogP contribution in [0.4, 0.5) is 11.5 Å². The Hall–Kier alpha value is -2.56. The highest BCUT2D eigenvalue weighted by molar-refractivity contribution is 5.94. The van der Waals surface area contributed by atoms with E-state index in [0.717, 1.165) is 24.3 Å². The van der Waals surface area contributed by atoms with Crippen LogP contribution in [0.15, 0.2) is 42.6 Å². The van der Waals surface area contributed by atoms with Crippen LogP contribution in [0.25, 0.3) is 0 Å². The van der Waals surface area contributed by atoms with Gasteiger partial charge in [-0.2, -0.15) is 0 Å². The zero-order valence-electron chi connectivity index (χ0n) is 13.2. The molecule has 0 aliphatic heterocycles. The number of amides is 1. The fourth-order valence-electron chi connectivity index (χ4n) is 2.76. The highest BCUT2D eigenvalue weighted by atomic mass is 16.5. The SMILES string of the molecule is COc1ccc(Nc2ccc(C(=O)NC3CCCC3)cn2)cc1. The van der Waals surface area contributed by atoms with E-state index in [1.807, 2.05) is 30.3 Å². The van der Waals surface area contributed by atoms with Crippen LogP contribution in [0, 0.1) is 0 Å². The van der Waals surface area contributed by atoms with Crippen LogP contribution in [0.2, 0.25) is 0 Å². The summed E-state index contributed by atoms with van der Waals surface area (Å²) in [7, 11) is 1.64. The molecule has 23 heavy (non-hydrogen) atoms. The largest absolute Gasteiger partial charge is 0.497 e. The van der Waals surface area contributed by atoms with Gasteiger partial charge >= 0.3 is 0 Å². The van der Waals surface area contributed by atoms with Crippen LogP contribution in [0.1, 0.15) is 36.0 Å². The number of nitrogens with one attached hydrogen (secondary N) is 2. The molecular weight excluding hydrogens is 290 g/mol. The highest BCUT2D eigenvalue weighted by Gasteiger charge is 2.17. The second-order valence-corrected chi connectivity index (χ2v) is 5.74. The number of pyridine rings is 1. The average molecular weight is 311 g/mol. The molecule has 120 valence electrons. The van der Waals surface area contributed by atoms with Gasteiger partial charge in [0.05, 0.1) is 12.7 Å². The Kier molecular flexibility index (Phi) is 4.76. The molecule has 1 aromatic heterocycles. The monoisotopic (exact) mass is 311 g/mol. The molecule has 2 N–H and O–H groups in total. The van der Waals surface area contributed by atoms with Gasteiger partial charge in [0.1, 0.15) is 11.6 Å². The molecule has 2 aromatic rings. The highest BCUT2D eigenvalue weighted by Crippen LogP contribution is 2.20. The molecule has 5 nitrogen and oxygen atoms in total. The number of carbonyl (C=O) groups excluding carboxylic acids is 1. The fourth-order valence-corrected chi connectivity index (χ4v) is 2.76. The summed E-state index contributed by atoms with van der Waals surface area (Å²) in [5, 5.41) is 6.26. The summed E-state index contributed by atoms with van der Waals surface area (Å²) >= 11 is 0. The van der Waals surface area contributed by atoms with E-state index in [4.69, 9.17) is 4.74 Å². The Labute approximate surface area is 136 Å². The van der Waals surface area contributed by atoms with E-state index in [1.165, 1.54) is 12.8 Å². The van der Waals surface area contributed by atoms with Gasteiger partial charge in [0, 0.05) is 17.9 Å². The predicted octanol–water partition coefficient (Wildman–Crippen LogP) is 3.51. The van der Waals surface area contributed by atoms with Gasteiger partial charge < -0.3 is 15.4 Å². The van der Waals surface area contributed by atoms with Crippen LogP contribution < -0.4 is 15.4 Å².